The molecule has 0 bridgehead atoms. The molecule has 0 aliphatic rings. The molecule has 0 heterocycles. The maximum Gasteiger partial charge on any atom is 0.159 e. The third kappa shape index (κ3) is 3.46. The van der Waals surface area contributed by atoms with E-state index in [0.29, 0.717) is 21.9 Å². The van der Waals surface area contributed by atoms with Gasteiger partial charge in [-0.3, -0.25) is 0 Å². The third-order valence-corrected chi connectivity index (χ3v) is 3.11. The molecule has 2 aromatic carbocycles. The van der Waals surface area contributed by atoms with Crippen molar-refractivity contribution in [1.29, 1.82) is 0 Å². The second-order valence-electron chi connectivity index (χ2n) is 4.40. The number of hydrogen-bond donors (Lipinski definition) is 1. The molecule has 0 saturated heterocycles. The van der Waals surface area contributed by atoms with Crippen LogP contribution in [0, 0.1) is 11.6 Å². The van der Waals surface area contributed by atoms with Crippen molar-refractivity contribution in [2.24, 2.45) is 0 Å². The van der Waals surface area contributed by atoms with Crippen LogP contribution in [0.4, 0.5) is 8.78 Å². The van der Waals surface area contributed by atoms with Crippen molar-refractivity contribution in [3.05, 3.63) is 64.2 Å². The molecule has 0 spiro atoms. The maximum atomic E-state index is 13.0. The zero-order chi connectivity index (χ0) is 14.7. The number of hydrogen-bond acceptors (Lipinski definition) is 2. The van der Waals surface area contributed by atoms with E-state index in [0.717, 1.165) is 12.1 Å². The summed E-state index contributed by atoms with van der Waals surface area (Å²) in [4.78, 5) is 0. The number of halogens is 3. The smallest absolute Gasteiger partial charge is 0.159 e. The summed E-state index contributed by atoms with van der Waals surface area (Å²) in [6, 6.07) is 8.49. The van der Waals surface area contributed by atoms with Crippen LogP contribution in [0.2, 0.25) is 5.02 Å². The van der Waals surface area contributed by atoms with Crippen molar-refractivity contribution < 1.29 is 18.6 Å². The fourth-order valence-corrected chi connectivity index (χ4v) is 1.93. The van der Waals surface area contributed by atoms with Crippen LogP contribution >= 0.6 is 11.6 Å². The Balaban J connectivity index is 2.09. The summed E-state index contributed by atoms with van der Waals surface area (Å²) in [6.45, 7) is 1.71. The Morgan fingerprint density at radius 3 is 2.50 bits per heavy atom. The lowest BCUT2D eigenvalue weighted by Gasteiger charge is -2.11. The molecule has 0 aromatic heterocycles. The standard InChI is InChI=1S/C15H13ClF2O2/c1-9(19)11-3-5-15(12(16)7-11)20-8-10-2-4-13(17)14(18)6-10/h2-7,9,19H,8H2,1H3/t9-/m1/s1. The molecule has 0 aliphatic heterocycles. The van der Waals surface area contributed by atoms with Crippen LogP contribution in [-0.4, -0.2) is 5.11 Å². The Morgan fingerprint density at radius 1 is 1.15 bits per heavy atom. The summed E-state index contributed by atoms with van der Waals surface area (Å²) in [5.74, 6) is -1.39. The Hall–Kier alpha value is -1.65. The SMILES string of the molecule is C[C@@H](O)c1ccc(OCc2ccc(F)c(F)c2)c(Cl)c1. The van der Waals surface area contributed by atoms with Crippen LogP contribution in [0.3, 0.4) is 0 Å². The minimum atomic E-state index is -0.915. The second-order valence-corrected chi connectivity index (χ2v) is 4.81. The van der Waals surface area contributed by atoms with E-state index in [-0.39, 0.29) is 6.61 Å². The van der Waals surface area contributed by atoms with Crippen LogP contribution in [-0.2, 0) is 6.61 Å². The molecular formula is C15H13ClF2O2. The van der Waals surface area contributed by atoms with Crippen molar-refractivity contribution in [3.8, 4) is 5.75 Å². The fourth-order valence-electron chi connectivity index (χ4n) is 1.68. The zero-order valence-electron chi connectivity index (χ0n) is 10.7. The van der Waals surface area contributed by atoms with Crippen LogP contribution in [0.25, 0.3) is 0 Å². The number of aliphatic hydroxyl groups excluding tert-OH is 1. The lowest BCUT2D eigenvalue weighted by molar-refractivity contribution is 0.199. The summed E-state index contributed by atoms with van der Waals surface area (Å²) in [5, 5.41) is 9.78. The molecule has 2 rings (SSSR count). The summed E-state index contributed by atoms with van der Waals surface area (Å²) < 4.78 is 31.3. The molecule has 5 heteroatoms. The predicted octanol–water partition coefficient (Wildman–Crippen LogP) is 4.25. The second kappa shape index (κ2) is 6.20. The topological polar surface area (TPSA) is 29.5 Å². The number of rotatable bonds is 4. The first-order valence-corrected chi connectivity index (χ1v) is 6.39. The molecule has 0 amide bonds. The van der Waals surface area contributed by atoms with Crippen molar-refractivity contribution in [2.45, 2.75) is 19.6 Å². The number of aliphatic hydroxyl groups is 1. The van der Waals surface area contributed by atoms with Gasteiger partial charge in [0, 0.05) is 0 Å². The quantitative estimate of drug-likeness (QED) is 0.914. The molecule has 2 nitrogen and oxygen atoms in total. The van der Waals surface area contributed by atoms with Gasteiger partial charge in [-0.25, -0.2) is 8.78 Å². The van der Waals surface area contributed by atoms with Gasteiger partial charge in [0.15, 0.2) is 11.6 Å². The van der Waals surface area contributed by atoms with Crippen LogP contribution in [0.5, 0.6) is 5.75 Å². The Labute approximate surface area is 120 Å². The van der Waals surface area contributed by atoms with Gasteiger partial charge in [0.1, 0.15) is 12.4 Å². The molecule has 1 atom stereocenters. The van der Waals surface area contributed by atoms with Gasteiger partial charge in [0.05, 0.1) is 11.1 Å². The van der Waals surface area contributed by atoms with Gasteiger partial charge in [-0.05, 0) is 42.3 Å². The van der Waals surface area contributed by atoms with Crippen LogP contribution in [0.1, 0.15) is 24.2 Å². The van der Waals surface area contributed by atoms with Gasteiger partial charge >= 0.3 is 0 Å². The van der Waals surface area contributed by atoms with E-state index in [1.54, 1.807) is 25.1 Å². The highest BCUT2D eigenvalue weighted by atomic mass is 35.5. The third-order valence-electron chi connectivity index (χ3n) is 2.82. The van der Waals surface area contributed by atoms with Crippen LogP contribution in [0.15, 0.2) is 36.4 Å². The molecule has 0 fully saturated rings. The van der Waals surface area contributed by atoms with Crippen molar-refractivity contribution in [2.75, 3.05) is 0 Å². The fraction of sp³-hybridized carbons (Fsp3) is 0.200. The van der Waals surface area contributed by atoms with E-state index >= 15 is 0 Å². The molecule has 0 saturated carbocycles. The number of benzene rings is 2. The maximum absolute atomic E-state index is 13.0. The average Bonchev–Trinajstić information content (AvgIpc) is 2.41. The lowest BCUT2D eigenvalue weighted by atomic mass is 10.1. The Bertz CT molecular complexity index is 615. The van der Waals surface area contributed by atoms with E-state index in [2.05, 4.69) is 0 Å². The highest BCUT2D eigenvalue weighted by Crippen LogP contribution is 2.28. The van der Waals surface area contributed by atoms with E-state index in [9.17, 15) is 13.9 Å². The number of ether oxygens (including phenoxy) is 1. The van der Waals surface area contributed by atoms with Gasteiger partial charge in [0.25, 0.3) is 0 Å². The van der Waals surface area contributed by atoms with E-state index < -0.39 is 17.7 Å². The summed E-state index contributed by atoms with van der Waals surface area (Å²) in [5.41, 5.74) is 1.18. The summed E-state index contributed by atoms with van der Waals surface area (Å²) >= 11 is 6.03. The first-order chi connectivity index (χ1) is 9.47. The molecule has 20 heavy (non-hydrogen) atoms. The van der Waals surface area contributed by atoms with E-state index in [1.165, 1.54) is 6.07 Å². The van der Waals surface area contributed by atoms with Crippen molar-refractivity contribution in [1.82, 2.24) is 0 Å². The largest absolute Gasteiger partial charge is 0.487 e. The molecule has 1 N–H and O–H groups in total. The van der Waals surface area contributed by atoms with Crippen molar-refractivity contribution >= 4 is 11.6 Å². The van der Waals surface area contributed by atoms with Gasteiger partial charge in [-0.15, -0.1) is 0 Å². The van der Waals surface area contributed by atoms with E-state index in [1.807, 2.05) is 0 Å². The zero-order valence-corrected chi connectivity index (χ0v) is 11.5. The van der Waals surface area contributed by atoms with E-state index in [4.69, 9.17) is 16.3 Å². The molecule has 0 unspecified atom stereocenters. The summed E-state index contributed by atoms with van der Waals surface area (Å²) in [6.07, 6.45) is -0.618. The predicted molar refractivity (Wildman–Crippen MR) is 72.8 cm³/mol. The molecule has 0 radical (unpaired) electrons. The Morgan fingerprint density at radius 2 is 1.90 bits per heavy atom. The highest BCUT2D eigenvalue weighted by molar-refractivity contribution is 6.32. The minimum absolute atomic E-state index is 0.0744. The minimum Gasteiger partial charge on any atom is -0.487 e. The molecule has 2 aromatic rings. The monoisotopic (exact) mass is 298 g/mol. The Kier molecular flexibility index (Phi) is 4.57. The van der Waals surface area contributed by atoms with Gasteiger partial charge < -0.3 is 9.84 Å². The average molecular weight is 299 g/mol. The normalized spacial score (nSPS) is 12.2. The van der Waals surface area contributed by atoms with Crippen molar-refractivity contribution in [3.63, 3.8) is 0 Å². The molecular weight excluding hydrogens is 286 g/mol. The molecule has 0 aliphatic carbocycles. The van der Waals surface area contributed by atoms with Crippen LogP contribution < -0.4 is 4.74 Å². The summed E-state index contributed by atoms with van der Waals surface area (Å²) in [7, 11) is 0. The van der Waals surface area contributed by atoms with Gasteiger partial charge in [0.2, 0.25) is 0 Å². The van der Waals surface area contributed by atoms with Gasteiger partial charge in [-0.2, -0.15) is 0 Å². The first-order valence-electron chi connectivity index (χ1n) is 6.01. The highest BCUT2D eigenvalue weighted by Gasteiger charge is 2.08. The first kappa shape index (κ1) is 14.8. The molecule has 106 valence electrons. The lowest BCUT2D eigenvalue weighted by Crippen LogP contribution is -1.98. The van der Waals surface area contributed by atoms with Gasteiger partial charge in [-0.1, -0.05) is 23.7 Å².